The van der Waals surface area contributed by atoms with Crippen molar-refractivity contribution in [1.82, 2.24) is 9.55 Å². The van der Waals surface area contributed by atoms with Crippen molar-refractivity contribution >= 4 is 46.2 Å². The van der Waals surface area contributed by atoms with Crippen LogP contribution in [0.3, 0.4) is 0 Å². The van der Waals surface area contributed by atoms with Crippen LogP contribution in [-0.4, -0.2) is 20.6 Å². The van der Waals surface area contributed by atoms with Gasteiger partial charge in [-0.2, -0.15) is 4.98 Å². The van der Waals surface area contributed by atoms with E-state index in [-0.39, 0.29) is 21.9 Å². The van der Waals surface area contributed by atoms with Gasteiger partial charge in [0.15, 0.2) is 0 Å². The molecule has 0 unspecified atom stereocenters. The van der Waals surface area contributed by atoms with Crippen molar-refractivity contribution in [2.75, 3.05) is 0 Å². The molecule has 1 atom stereocenters. The van der Waals surface area contributed by atoms with Gasteiger partial charge < -0.3 is 14.4 Å². The zero-order valence-electron chi connectivity index (χ0n) is 16.3. The summed E-state index contributed by atoms with van der Waals surface area (Å²) in [6, 6.07) is 7.62. The van der Waals surface area contributed by atoms with Crippen LogP contribution in [0.25, 0.3) is 17.0 Å². The summed E-state index contributed by atoms with van der Waals surface area (Å²) in [5.74, 6) is -1.04. The van der Waals surface area contributed by atoms with E-state index in [2.05, 4.69) is 4.98 Å². The van der Waals surface area contributed by atoms with Gasteiger partial charge in [-0.3, -0.25) is 4.79 Å². The van der Waals surface area contributed by atoms with Gasteiger partial charge >= 0.3 is 5.97 Å². The normalized spacial score (nSPS) is 14.8. The zero-order chi connectivity index (χ0) is 22.3. The highest BCUT2D eigenvalue weighted by molar-refractivity contribution is 6.36. The zero-order valence-corrected chi connectivity index (χ0v) is 17.8. The SMILES string of the molecule is C[C@H](Oc1ccc2c(=O)nc(/C=C/C(=O)O)n(C3CC3)c2c1)c1c(Cl)ccc(F)c1Cl. The lowest BCUT2D eigenvalue weighted by atomic mass is 10.1. The van der Waals surface area contributed by atoms with Crippen LogP contribution in [0.2, 0.25) is 10.0 Å². The monoisotopic (exact) mass is 462 g/mol. The maximum atomic E-state index is 13.9. The molecule has 0 bridgehead atoms. The van der Waals surface area contributed by atoms with Gasteiger partial charge in [0, 0.05) is 28.8 Å². The van der Waals surface area contributed by atoms with Crippen molar-refractivity contribution in [2.45, 2.75) is 31.9 Å². The number of hydrogen-bond donors (Lipinski definition) is 1. The summed E-state index contributed by atoms with van der Waals surface area (Å²) in [6.45, 7) is 1.69. The molecule has 2 aromatic carbocycles. The summed E-state index contributed by atoms with van der Waals surface area (Å²) >= 11 is 12.3. The van der Waals surface area contributed by atoms with Crippen LogP contribution in [0, 0.1) is 5.82 Å². The number of fused-ring (bicyclic) bond motifs is 1. The Morgan fingerprint density at radius 1 is 1.32 bits per heavy atom. The molecule has 0 amide bonds. The van der Waals surface area contributed by atoms with E-state index in [9.17, 15) is 14.0 Å². The molecule has 6 nitrogen and oxygen atoms in total. The van der Waals surface area contributed by atoms with Crippen molar-refractivity contribution in [3.63, 3.8) is 0 Å². The standard InChI is InChI=1S/C22H17Cl2FN2O4/c1-11(20-15(23)6-7-16(25)21(20)24)31-13-4-5-14-17(10-13)27(12-2-3-12)18(26-22(14)30)8-9-19(28)29/h4-12H,2-3H2,1H3,(H,28,29)/b9-8+/t11-/m0/s1. The minimum atomic E-state index is -1.13. The molecule has 0 aliphatic heterocycles. The minimum absolute atomic E-state index is 0.110. The average molecular weight is 463 g/mol. The summed E-state index contributed by atoms with van der Waals surface area (Å²) in [5, 5.41) is 9.51. The van der Waals surface area contributed by atoms with E-state index >= 15 is 0 Å². The quantitative estimate of drug-likeness (QED) is 0.390. The van der Waals surface area contributed by atoms with Crippen molar-refractivity contribution in [3.8, 4) is 5.75 Å². The number of ether oxygens (including phenoxy) is 1. The minimum Gasteiger partial charge on any atom is -0.486 e. The van der Waals surface area contributed by atoms with Crippen LogP contribution in [0.15, 0.2) is 41.2 Å². The highest BCUT2D eigenvalue weighted by Gasteiger charge is 2.28. The van der Waals surface area contributed by atoms with Crippen LogP contribution in [0.1, 0.15) is 43.3 Å². The molecule has 31 heavy (non-hydrogen) atoms. The molecule has 0 saturated heterocycles. The van der Waals surface area contributed by atoms with Crippen LogP contribution >= 0.6 is 23.2 Å². The van der Waals surface area contributed by atoms with Crippen LogP contribution < -0.4 is 10.3 Å². The van der Waals surface area contributed by atoms with Crippen LogP contribution in [-0.2, 0) is 4.79 Å². The van der Waals surface area contributed by atoms with Gasteiger partial charge in [-0.1, -0.05) is 23.2 Å². The van der Waals surface area contributed by atoms with E-state index in [0.717, 1.165) is 18.9 Å². The van der Waals surface area contributed by atoms with Gasteiger partial charge in [-0.05, 0) is 50.1 Å². The molecule has 1 aliphatic carbocycles. The Balaban J connectivity index is 1.79. The molecule has 4 rings (SSSR count). The fourth-order valence-electron chi connectivity index (χ4n) is 3.46. The third-order valence-corrected chi connectivity index (χ3v) is 5.72. The molecule has 1 heterocycles. The van der Waals surface area contributed by atoms with E-state index in [1.807, 2.05) is 4.57 Å². The smallest absolute Gasteiger partial charge is 0.328 e. The summed E-state index contributed by atoms with van der Waals surface area (Å²) in [7, 11) is 0. The molecule has 1 aliphatic rings. The Hall–Kier alpha value is -2.90. The Morgan fingerprint density at radius 3 is 2.74 bits per heavy atom. The number of carboxylic acid groups (broad SMARTS) is 1. The molecule has 1 aromatic heterocycles. The van der Waals surface area contributed by atoms with Crippen LogP contribution in [0.4, 0.5) is 4.39 Å². The van der Waals surface area contributed by atoms with Gasteiger partial charge in [-0.25, -0.2) is 9.18 Å². The molecular formula is C22H17Cl2FN2O4. The number of carboxylic acids is 1. The van der Waals surface area contributed by atoms with Crippen molar-refractivity contribution in [2.24, 2.45) is 0 Å². The summed E-state index contributed by atoms with van der Waals surface area (Å²) in [4.78, 5) is 27.5. The molecule has 1 fully saturated rings. The number of halogens is 3. The molecule has 160 valence electrons. The topological polar surface area (TPSA) is 81.4 Å². The lowest BCUT2D eigenvalue weighted by Gasteiger charge is -2.19. The average Bonchev–Trinajstić information content (AvgIpc) is 3.54. The number of hydrogen-bond acceptors (Lipinski definition) is 4. The fourth-order valence-corrected chi connectivity index (χ4v) is 4.14. The van der Waals surface area contributed by atoms with E-state index < -0.39 is 23.4 Å². The Kier molecular flexibility index (Phi) is 5.73. The second-order valence-corrected chi connectivity index (χ2v) is 8.03. The molecule has 0 spiro atoms. The van der Waals surface area contributed by atoms with Crippen LogP contribution in [0.5, 0.6) is 5.75 Å². The maximum Gasteiger partial charge on any atom is 0.328 e. The van der Waals surface area contributed by atoms with E-state index in [0.29, 0.717) is 22.2 Å². The number of carbonyl (C=O) groups is 1. The Morgan fingerprint density at radius 2 is 2.06 bits per heavy atom. The van der Waals surface area contributed by atoms with Crippen molar-refractivity contribution in [3.05, 3.63) is 74.0 Å². The highest BCUT2D eigenvalue weighted by atomic mass is 35.5. The predicted molar refractivity (Wildman–Crippen MR) is 116 cm³/mol. The first kappa shape index (κ1) is 21.3. The Labute approximate surface area is 186 Å². The maximum absolute atomic E-state index is 13.9. The first-order valence-electron chi connectivity index (χ1n) is 9.53. The largest absolute Gasteiger partial charge is 0.486 e. The Bertz CT molecular complexity index is 1280. The van der Waals surface area contributed by atoms with Gasteiger partial charge in [0.05, 0.1) is 15.9 Å². The first-order valence-corrected chi connectivity index (χ1v) is 10.3. The third kappa shape index (κ3) is 4.29. The third-order valence-electron chi connectivity index (χ3n) is 5.01. The number of rotatable bonds is 6. The molecular weight excluding hydrogens is 446 g/mol. The van der Waals surface area contributed by atoms with Crippen molar-refractivity contribution < 1.29 is 19.0 Å². The van der Waals surface area contributed by atoms with E-state index in [1.165, 1.54) is 18.2 Å². The second kappa shape index (κ2) is 8.32. The van der Waals surface area contributed by atoms with Gasteiger partial charge in [-0.15, -0.1) is 0 Å². The number of nitrogens with zero attached hydrogens (tertiary/aromatic N) is 2. The second-order valence-electron chi connectivity index (χ2n) is 7.24. The van der Waals surface area contributed by atoms with Gasteiger partial charge in [0.1, 0.15) is 23.5 Å². The van der Waals surface area contributed by atoms with Gasteiger partial charge in [0.2, 0.25) is 0 Å². The molecule has 3 aromatic rings. The molecule has 1 saturated carbocycles. The number of aromatic nitrogens is 2. The van der Waals surface area contributed by atoms with Gasteiger partial charge in [0.25, 0.3) is 5.56 Å². The molecule has 1 N–H and O–H groups in total. The lowest BCUT2D eigenvalue weighted by molar-refractivity contribution is -0.131. The summed E-state index contributed by atoms with van der Waals surface area (Å²) in [6.07, 6.45) is 3.38. The van der Waals surface area contributed by atoms with Crippen molar-refractivity contribution in [1.29, 1.82) is 0 Å². The fraction of sp³-hybridized carbons (Fsp3) is 0.227. The summed E-state index contributed by atoms with van der Waals surface area (Å²) < 4.78 is 21.7. The number of aliphatic carboxylic acids is 1. The molecule has 9 heteroatoms. The van der Waals surface area contributed by atoms with E-state index in [4.69, 9.17) is 33.0 Å². The van der Waals surface area contributed by atoms with E-state index in [1.54, 1.807) is 25.1 Å². The predicted octanol–water partition coefficient (Wildman–Crippen LogP) is 5.42. The lowest BCUT2D eigenvalue weighted by Crippen LogP contribution is -2.17. The highest BCUT2D eigenvalue weighted by Crippen LogP contribution is 2.39. The first-order chi connectivity index (χ1) is 14.8. The number of benzene rings is 2. The molecule has 0 radical (unpaired) electrons. The summed E-state index contributed by atoms with van der Waals surface area (Å²) in [5.41, 5.74) is 0.434.